The SMILES string of the molecule is Cc1c(Br)c2cccc(F)c2c(=O)n1Cc1ncco1. The monoisotopic (exact) mass is 336 g/mol. The van der Waals surface area contributed by atoms with Gasteiger partial charge in [0, 0.05) is 15.6 Å². The van der Waals surface area contributed by atoms with E-state index in [1.807, 2.05) is 0 Å². The fourth-order valence-electron chi connectivity index (χ4n) is 2.18. The molecular formula is C14H10BrFN2O2. The average molecular weight is 337 g/mol. The van der Waals surface area contributed by atoms with Crippen molar-refractivity contribution in [2.24, 2.45) is 0 Å². The quantitative estimate of drug-likeness (QED) is 0.721. The number of fused-ring (bicyclic) bond motifs is 1. The fraction of sp³-hybridized carbons (Fsp3) is 0.143. The first kappa shape index (κ1) is 13.1. The second kappa shape index (κ2) is 4.86. The van der Waals surface area contributed by atoms with Crippen LogP contribution in [0.25, 0.3) is 10.8 Å². The van der Waals surface area contributed by atoms with Crippen molar-refractivity contribution in [1.82, 2.24) is 9.55 Å². The van der Waals surface area contributed by atoms with Gasteiger partial charge >= 0.3 is 0 Å². The Bertz CT molecular complexity index is 840. The molecule has 2 aromatic heterocycles. The maximum Gasteiger partial charge on any atom is 0.262 e. The minimum atomic E-state index is -0.533. The molecule has 0 aliphatic rings. The average Bonchev–Trinajstić information content (AvgIpc) is 2.94. The second-order valence-corrected chi connectivity index (χ2v) is 5.17. The van der Waals surface area contributed by atoms with Gasteiger partial charge in [0.1, 0.15) is 18.6 Å². The highest BCUT2D eigenvalue weighted by molar-refractivity contribution is 9.10. The first-order valence-corrected chi connectivity index (χ1v) is 6.74. The van der Waals surface area contributed by atoms with Gasteiger partial charge in [0.25, 0.3) is 5.56 Å². The number of halogens is 2. The molecule has 0 aliphatic carbocycles. The predicted octanol–water partition coefficient (Wildman–Crippen LogP) is 3.25. The van der Waals surface area contributed by atoms with Gasteiger partial charge in [0.05, 0.1) is 11.6 Å². The molecule has 20 heavy (non-hydrogen) atoms. The number of hydrogen-bond acceptors (Lipinski definition) is 3. The van der Waals surface area contributed by atoms with Crippen LogP contribution in [0, 0.1) is 12.7 Å². The summed E-state index contributed by atoms with van der Waals surface area (Å²) in [6, 6.07) is 4.58. The highest BCUT2D eigenvalue weighted by atomic mass is 79.9. The van der Waals surface area contributed by atoms with Crippen LogP contribution < -0.4 is 5.56 Å². The van der Waals surface area contributed by atoms with Gasteiger partial charge in [-0.1, -0.05) is 12.1 Å². The Morgan fingerprint density at radius 2 is 2.25 bits per heavy atom. The smallest absolute Gasteiger partial charge is 0.262 e. The molecule has 0 saturated heterocycles. The Balaban J connectivity index is 2.33. The van der Waals surface area contributed by atoms with Gasteiger partial charge in [-0.2, -0.15) is 0 Å². The first-order chi connectivity index (χ1) is 9.59. The van der Waals surface area contributed by atoms with Gasteiger partial charge in [-0.05, 0) is 28.9 Å². The molecule has 0 bridgehead atoms. The topological polar surface area (TPSA) is 48.0 Å². The van der Waals surface area contributed by atoms with Crippen molar-refractivity contribution in [3.63, 3.8) is 0 Å². The summed E-state index contributed by atoms with van der Waals surface area (Å²) in [5.41, 5.74) is 0.309. The molecule has 0 spiro atoms. The molecule has 3 rings (SSSR count). The first-order valence-electron chi connectivity index (χ1n) is 5.95. The summed E-state index contributed by atoms with van der Waals surface area (Å²) in [4.78, 5) is 16.5. The molecule has 0 fully saturated rings. The van der Waals surface area contributed by atoms with Crippen molar-refractivity contribution in [3.8, 4) is 0 Å². The van der Waals surface area contributed by atoms with Gasteiger partial charge in [-0.15, -0.1) is 0 Å². The van der Waals surface area contributed by atoms with Crippen LogP contribution in [0.4, 0.5) is 4.39 Å². The third-order valence-corrected chi connectivity index (χ3v) is 4.21. The second-order valence-electron chi connectivity index (χ2n) is 4.38. The number of hydrogen-bond donors (Lipinski definition) is 0. The number of rotatable bonds is 2. The standard InChI is InChI=1S/C14H10BrFN2O2/c1-8-13(15)9-3-2-4-10(16)12(9)14(19)18(8)7-11-17-5-6-20-11/h2-6H,7H2,1H3. The van der Waals surface area contributed by atoms with Crippen LogP contribution in [0.3, 0.4) is 0 Å². The molecule has 6 heteroatoms. The van der Waals surface area contributed by atoms with Crippen molar-refractivity contribution in [2.75, 3.05) is 0 Å². The summed E-state index contributed by atoms with van der Waals surface area (Å²) >= 11 is 3.43. The van der Waals surface area contributed by atoms with Crippen LogP contribution in [-0.4, -0.2) is 9.55 Å². The molecule has 0 N–H and O–H groups in total. The molecule has 0 saturated carbocycles. The summed E-state index contributed by atoms with van der Waals surface area (Å²) in [5.74, 6) is -0.132. The zero-order valence-electron chi connectivity index (χ0n) is 10.6. The molecule has 4 nitrogen and oxygen atoms in total. The fourth-order valence-corrected chi connectivity index (χ4v) is 2.73. The van der Waals surface area contributed by atoms with E-state index < -0.39 is 11.4 Å². The molecular weight excluding hydrogens is 327 g/mol. The lowest BCUT2D eigenvalue weighted by atomic mass is 10.1. The largest absolute Gasteiger partial charge is 0.447 e. The third-order valence-electron chi connectivity index (χ3n) is 3.21. The maximum absolute atomic E-state index is 13.9. The highest BCUT2D eigenvalue weighted by Crippen LogP contribution is 2.26. The van der Waals surface area contributed by atoms with Crippen molar-refractivity contribution < 1.29 is 8.81 Å². The summed E-state index contributed by atoms with van der Waals surface area (Å²) < 4.78 is 21.2. The van der Waals surface area contributed by atoms with E-state index in [2.05, 4.69) is 20.9 Å². The van der Waals surface area contributed by atoms with E-state index in [0.29, 0.717) is 21.4 Å². The van der Waals surface area contributed by atoms with Crippen LogP contribution in [0.1, 0.15) is 11.6 Å². The van der Waals surface area contributed by atoms with Gasteiger partial charge in [0.2, 0.25) is 5.89 Å². The Labute approximate surface area is 122 Å². The molecule has 0 atom stereocenters. The molecule has 102 valence electrons. The summed E-state index contributed by atoms with van der Waals surface area (Å²) in [6.07, 6.45) is 2.94. The van der Waals surface area contributed by atoms with E-state index in [-0.39, 0.29) is 11.9 Å². The lowest BCUT2D eigenvalue weighted by Crippen LogP contribution is -2.24. The third kappa shape index (κ3) is 1.96. The summed E-state index contributed by atoms with van der Waals surface area (Å²) in [6.45, 7) is 1.96. The van der Waals surface area contributed by atoms with E-state index in [4.69, 9.17) is 4.42 Å². The molecule has 0 aliphatic heterocycles. The predicted molar refractivity (Wildman–Crippen MR) is 76.2 cm³/mol. The molecule has 2 heterocycles. The van der Waals surface area contributed by atoms with E-state index in [0.717, 1.165) is 0 Å². The van der Waals surface area contributed by atoms with Crippen LogP contribution in [0.15, 0.2) is 44.3 Å². The van der Waals surface area contributed by atoms with Crippen LogP contribution in [0.5, 0.6) is 0 Å². The van der Waals surface area contributed by atoms with Crippen LogP contribution in [0.2, 0.25) is 0 Å². The van der Waals surface area contributed by atoms with Gasteiger partial charge in [-0.3, -0.25) is 4.79 Å². The van der Waals surface area contributed by atoms with E-state index >= 15 is 0 Å². The van der Waals surface area contributed by atoms with E-state index in [1.165, 1.54) is 23.1 Å². The van der Waals surface area contributed by atoms with Gasteiger partial charge in [-0.25, -0.2) is 9.37 Å². The Morgan fingerprint density at radius 1 is 1.45 bits per heavy atom. The molecule has 0 unspecified atom stereocenters. The van der Waals surface area contributed by atoms with Crippen molar-refractivity contribution in [1.29, 1.82) is 0 Å². The maximum atomic E-state index is 13.9. The Morgan fingerprint density at radius 3 is 2.95 bits per heavy atom. The lowest BCUT2D eigenvalue weighted by molar-refractivity contribution is 0.472. The van der Waals surface area contributed by atoms with E-state index in [9.17, 15) is 9.18 Å². The molecule has 0 radical (unpaired) electrons. The van der Waals surface area contributed by atoms with Crippen molar-refractivity contribution >= 4 is 26.7 Å². The molecule has 0 amide bonds. The number of oxazole rings is 1. The minimum Gasteiger partial charge on any atom is -0.447 e. The zero-order chi connectivity index (χ0) is 14.3. The van der Waals surface area contributed by atoms with E-state index in [1.54, 1.807) is 19.1 Å². The Kier molecular flexibility index (Phi) is 3.17. The highest BCUT2D eigenvalue weighted by Gasteiger charge is 2.16. The number of nitrogens with zero attached hydrogens (tertiary/aromatic N) is 2. The summed E-state index contributed by atoms with van der Waals surface area (Å²) in [5, 5.41) is 0.632. The zero-order valence-corrected chi connectivity index (χ0v) is 12.1. The lowest BCUT2D eigenvalue weighted by Gasteiger charge is -2.13. The number of pyridine rings is 1. The number of aromatic nitrogens is 2. The van der Waals surface area contributed by atoms with Gasteiger partial charge in [0.15, 0.2) is 0 Å². The minimum absolute atomic E-state index is 0.0662. The molecule has 3 aromatic rings. The van der Waals surface area contributed by atoms with Crippen molar-refractivity contribution in [2.45, 2.75) is 13.5 Å². The Hall–Kier alpha value is -1.95. The normalized spacial score (nSPS) is 11.2. The van der Waals surface area contributed by atoms with Gasteiger partial charge < -0.3 is 8.98 Å². The van der Waals surface area contributed by atoms with Crippen molar-refractivity contribution in [3.05, 3.63) is 62.9 Å². The summed E-state index contributed by atoms with van der Waals surface area (Å²) in [7, 11) is 0. The van der Waals surface area contributed by atoms with Crippen LogP contribution >= 0.6 is 15.9 Å². The van der Waals surface area contributed by atoms with Crippen LogP contribution in [-0.2, 0) is 6.54 Å². The number of benzene rings is 1. The molecule has 1 aromatic carbocycles.